The number of carbonyl (C=O) groups excluding carboxylic acids is 1. The number of benzene rings is 3. The molecule has 1 amide bonds. The number of anilines is 1. The third-order valence-electron chi connectivity index (χ3n) is 6.29. The van der Waals surface area contributed by atoms with Crippen LogP contribution in [0.3, 0.4) is 0 Å². The number of hydrogen-bond donors (Lipinski definition) is 1. The van der Waals surface area contributed by atoms with Gasteiger partial charge in [-0.1, -0.05) is 6.07 Å². The van der Waals surface area contributed by atoms with Gasteiger partial charge in [-0.05, 0) is 66.2 Å². The number of halogens is 2. The predicted octanol–water partition coefficient (Wildman–Crippen LogP) is 3.99. The first-order valence-corrected chi connectivity index (χ1v) is 11.2. The molecule has 3 aromatic rings. The molecule has 1 fully saturated rings. The zero-order chi connectivity index (χ0) is 23.5. The number of amides is 1. The average Bonchev–Trinajstić information content (AvgIpc) is 3.33. The van der Waals surface area contributed by atoms with E-state index >= 15 is 0 Å². The number of hydrogen-bond acceptors (Lipinski definition) is 5. The van der Waals surface area contributed by atoms with Crippen LogP contribution in [-0.2, 0) is 0 Å². The number of nitrogens with zero attached hydrogens (tertiary/aromatic N) is 2. The van der Waals surface area contributed by atoms with Gasteiger partial charge in [0.2, 0.25) is 6.79 Å². The Kier molecular flexibility index (Phi) is 6.31. The van der Waals surface area contributed by atoms with Crippen LogP contribution in [0.25, 0.3) is 0 Å². The van der Waals surface area contributed by atoms with E-state index < -0.39 is 0 Å². The Morgan fingerprint density at radius 2 is 1.50 bits per heavy atom. The van der Waals surface area contributed by atoms with Crippen molar-refractivity contribution in [2.75, 3.05) is 44.4 Å². The quantitative estimate of drug-likeness (QED) is 0.597. The summed E-state index contributed by atoms with van der Waals surface area (Å²) in [5.74, 6) is 0.517. The molecule has 176 valence electrons. The summed E-state index contributed by atoms with van der Waals surface area (Å²) in [6, 6.07) is 17.8. The van der Waals surface area contributed by atoms with Crippen molar-refractivity contribution < 1.29 is 23.0 Å². The highest BCUT2D eigenvalue weighted by atomic mass is 19.1. The summed E-state index contributed by atoms with van der Waals surface area (Å²) in [5.41, 5.74) is 2.41. The third kappa shape index (κ3) is 4.82. The van der Waals surface area contributed by atoms with Gasteiger partial charge in [0.1, 0.15) is 11.6 Å². The number of fused-ring (bicyclic) bond motifs is 1. The Hall–Kier alpha value is -3.65. The fourth-order valence-corrected chi connectivity index (χ4v) is 4.41. The lowest BCUT2D eigenvalue weighted by molar-refractivity contribution is 0.0930. The SMILES string of the molecule is O=C(NC[C@@H](c1ccc2c(c1)OCO2)N1CCN(c2ccc(F)cc2)CC1)c1ccc(F)cc1. The van der Waals surface area contributed by atoms with Gasteiger partial charge in [-0.25, -0.2) is 8.78 Å². The smallest absolute Gasteiger partial charge is 0.251 e. The molecule has 1 atom stereocenters. The molecule has 0 unspecified atom stereocenters. The van der Waals surface area contributed by atoms with Gasteiger partial charge in [-0.2, -0.15) is 0 Å². The Morgan fingerprint density at radius 3 is 2.21 bits per heavy atom. The minimum atomic E-state index is -0.381. The fourth-order valence-electron chi connectivity index (χ4n) is 4.41. The molecular weight excluding hydrogens is 440 g/mol. The maximum absolute atomic E-state index is 13.3. The maximum atomic E-state index is 13.3. The first-order chi connectivity index (χ1) is 16.6. The Balaban J connectivity index is 1.31. The van der Waals surface area contributed by atoms with Gasteiger partial charge in [-0.3, -0.25) is 9.69 Å². The third-order valence-corrected chi connectivity index (χ3v) is 6.29. The summed E-state index contributed by atoms with van der Waals surface area (Å²) >= 11 is 0. The lowest BCUT2D eigenvalue weighted by Crippen LogP contribution is -2.50. The molecule has 5 rings (SSSR count). The van der Waals surface area contributed by atoms with E-state index in [2.05, 4.69) is 15.1 Å². The van der Waals surface area contributed by atoms with Crippen LogP contribution in [0.1, 0.15) is 22.0 Å². The topological polar surface area (TPSA) is 54.0 Å². The molecule has 0 aromatic heterocycles. The van der Waals surface area contributed by atoms with Crippen molar-refractivity contribution in [2.45, 2.75) is 6.04 Å². The van der Waals surface area contributed by atoms with Crippen molar-refractivity contribution in [3.63, 3.8) is 0 Å². The van der Waals surface area contributed by atoms with Gasteiger partial charge in [-0.15, -0.1) is 0 Å². The predicted molar refractivity (Wildman–Crippen MR) is 124 cm³/mol. The molecule has 0 bridgehead atoms. The molecular formula is C26H25F2N3O3. The summed E-state index contributed by atoms with van der Waals surface area (Å²) in [6.45, 7) is 3.66. The molecule has 2 heterocycles. The molecule has 2 aliphatic rings. The van der Waals surface area contributed by atoms with Crippen LogP contribution in [0.15, 0.2) is 66.7 Å². The van der Waals surface area contributed by atoms with Crippen LogP contribution in [0.2, 0.25) is 0 Å². The molecule has 1 N–H and O–H groups in total. The minimum absolute atomic E-state index is 0.0886. The van der Waals surface area contributed by atoms with Gasteiger partial charge in [0.15, 0.2) is 11.5 Å². The molecule has 0 saturated carbocycles. The highest BCUT2D eigenvalue weighted by Gasteiger charge is 2.27. The first-order valence-electron chi connectivity index (χ1n) is 11.2. The molecule has 1 saturated heterocycles. The van der Waals surface area contributed by atoms with Crippen molar-refractivity contribution in [3.05, 3.63) is 89.5 Å². The summed E-state index contributed by atoms with van der Waals surface area (Å²) < 4.78 is 37.5. The second-order valence-corrected chi connectivity index (χ2v) is 8.34. The van der Waals surface area contributed by atoms with Crippen LogP contribution in [0, 0.1) is 11.6 Å². The minimum Gasteiger partial charge on any atom is -0.454 e. The highest BCUT2D eigenvalue weighted by molar-refractivity contribution is 5.94. The van der Waals surface area contributed by atoms with E-state index in [1.807, 2.05) is 18.2 Å². The summed E-state index contributed by atoms with van der Waals surface area (Å²) in [5, 5.41) is 3.00. The Labute approximate surface area is 196 Å². The van der Waals surface area contributed by atoms with Crippen molar-refractivity contribution in [1.29, 1.82) is 0 Å². The van der Waals surface area contributed by atoms with Gasteiger partial charge in [0.05, 0.1) is 6.04 Å². The molecule has 6 nitrogen and oxygen atoms in total. The van der Waals surface area contributed by atoms with Crippen LogP contribution in [-0.4, -0.2) is 50.3 Å². The van der Waals surface area contributed by atoms with Crippen LogP contribution in [0.5, 0.6) is 11.5 Å². The van der Waals surface area contributed by atoms with E-state index in [0.29, 0.717) is 23.6 Å². The molecule has 34 heavy (non-hydrogen) atoms. The molecule has 8 heteroatoms. The van der Waals surface area contributed by atoms with Crippen molar-refractivity contribution in [2.24, 2.45) is 0 Å². The Bertz CT molecular complexity index is 1150. The maximum Gasteiger partial charge on any atom is 0.251 e. The first kappa shape index (κ1) is 22.2. The van der Waals surface area contributed by atoms with E-state index in [4.69, 9.17) is 9.47 Å². The average molecular weight is 466 g/mol. The van der Waals surface area contributed by atoms with Gasteiger partial charge in [0, 0.05) is 44.0 Å². The molecule has 0 radical (unpaired) electrons. The standard InChI is InChI=1S/C26H25F2N3O3/c27-20-4-1-18(2-5-20)26(32)29-16-23(19-3-10-24-25(15-19)34-17-33-24)31-13-11-30(12-14-31)22-8-6-21(28)7-9-22/h1-10,15,23H,11-14,16-17H2,(H,29,32)/t23-/m0/s1. The number of ether oxygens (including phenoxy) is 2. The number of carbonyl (C=O) groups is 1. The van der Waals surface area contributed by atoms with Gasteiger partial charge < -0.3 is 19.7 Å². The van der Waals surface area contributed by atoms with Crippen molar-refractivity contribution >= 4 is 11.6 Å². The zero-order valence-electron chi connectivity index (χ0n) is 18.5. The number of piperazine rings is 1. The van der Waals surface area contributed by atoms with Crippen LogP contribution in [0.4, 0.5) is 14.5 Å². The summed E-state index contributed by atoms with van der Waals surface area (Å²) in [4.78, 5) is 17.2. The number of nitrogens with one attached hydrogen (secondary N) is 1. The van der Waals surface area contributed by atoms with Crippen LogP contribution < -0.4 is 19.7 Å². The van der Waals surface area contributed by atoms with Crippen molar-refractivity contribution in [1.82, 2.24) is 10.2 Å². The second-order valence-electron chi connectivity index (χ2n) is 8.34. The monoisotopic (exact) mass is 465 g/mol. The van der Waals surface area contributed by atoms with Crippen molar-refractivity contribution in [3.8, 4) is 11.5 Å². The fraction of sp³-hybridized carbons (Fsp3) is 0.269. The normalized spacial score (nSPS) is 16.4. The van der Waals surface area contributed by atoms with E-state index in [-0.39, 0.29) is 30.4 Å². The number of rotatable bonds is 6. The molecule has 0 spiro atoms. The largest absolute Gasteiger partial charge is 0.454 e. The van der Waals surface area contributed by atoms with Crippen LogP contribution >= 0.6 is 0 Å². The summed E-state index contributed by atoms with van der Waals surface area (Å²) in [7, 11) is 0. The Morgan fingerprint density at radius 1 is 0.853 bits per heavy atom. The van der Waals surface area contributed by atoms with Gasteiger partial charge in [0.25, 0.3) is 5.91 Å². The lowest BCUT2D eigenvalue weighted by atomic mass is 10.0. The van der Waals surface area contributed by atoms with E-state index in [9.17, 15) is 13.6 Å². The van der Waals surface area contributed by atoms with E-state index in [0.717, 1.165) is 37.4 Å². The lowest BCUT2D eigenvalue weighted by Gasteiger charge is -2.40. The molecule has 0 aliphatic carbocycles. The van der Waals surface area contributed by atoms with Gasteiger partial charge >= 0.3 is 0 Å². The summed E-state index contributed by atoms with van der Waals surface area (Å²) in [6.07, 6.45) is 0. The van der Waals surface area contributed by atoms with E-state index in [1.165, 1.54) is 36.4 Å². The van der Waals surface area contributed by atoms with E-state index in [1.54, 1.807) is 12.1 Å². The second kappa shape index (κ2) is 9.69. The zero-order valence-corrected chi connectivity index (χ0v) is 18.5. The molecule has 3 aromatic carbocycles. The highest BCUT2D eigenvalue weighted by Crippen LogP contribution is 2.35. The molecule has 2 aliphatic heterocycles.